The Bertz CT molecular complexity index is 911. The largest absolute Gasteiger partial charge is 0.462 e. The minimum Gasteiger partial charge on any atom is -0.462 e. The van der Waals surface area contributed by atoms with Gasteiger partial charge in [0.15, 0.2) is 0 Å². The molecule has 0 spiro atoms. The number of hydrogen-bond donors (Lipinski definition) is 1. The fourth-order valence-corrected chi connectivity index (χ4v) is 3.85. The average molecular weight is 454 g/mol. The molecule has 30 heavy (non-hydrogen) atoms. The number of benzene rings is 1. The number of carbonyl (C=O) groups is 3. The molecule has 162 valence electrons. The molecule has 0 aliphatic heterocycles. The topological polar surface area (TPSA) is 94.7 Å². The van der Waals surface area contributed by atoms with Crippen molar-refractivity contribution in [2.45, 2.75) is 38.7 Å². The normalized spacial score (nSPS) is 10.5. The Labute approximate surface area is 184 Å². The predicted octanol–water partition coefficient (Wildman–Crippen LogP) is 4.56. The first kappa shape index (κ1) is 23.8. The van der Waals surface area contributed by atoms with Gasteiger partial charge in [0.05, 0.1) is 35.9 Å². The Morgan fingerprint density at radius 3 is 2.37 bits per heavy atom. The molecule has 0 radical (unpaired) electrons. The van der Waals surface area contributed by atoms with Crippen molar-refractivity contribution in [2.24, 2.45) is 0 Å². The quantitative estimate of drug-likeness (QED) is 0.320. The summed E-state index contributed by atoms with van der Waals surface area (Å²) in [6.45, 7) is 5.16. The number of thioether (sulfide) groups is 1. The molecule has 0 unspecified atom stereocenters. The number of carbonyl (C=O) groups excluding carboxylic acids is 3. The number of aromatic amines is 1. The van der Waals surface area contributed by atoms with Crippen LogP contribution < -0.4 is 0 Å². The van der Waals surface area contributed by atoms with Crippen LogP contribution >= 0.6 is 23.4 Å². The van der Waals surface area contributed by atoms with Crippen LogP contribution in [0.25, 0.3) is 0 Å². The van der Waals surface area contributed by atoms with E-state index < -0.39 is 17.9 Å². The molecule has 0 aliphatic rings. The minimum absolute atomic E-state index is 0.139. The molecule has 1 aromatic heterocycles. The third kappa shape index (κ3) is 6.27. The summed E-state index contributed by atoms with van der Waals surface area (Å²) in [5.74, 6) is -1.13. The SMILES string of the molecule is CCOC(=O)c1[nH]c(COC(=O)CCSc2ccccc2Cl)c(C(=O)OCC)c1C. The first-order valence-electron chi connectivity index (χ1n) is 9.47. The van der Waals surface area contributed by atoms with Gasteiger partial charge in [-0.25, -0.2) is 9.59 Å². The van der Waals surface area contributed by atoms with Crippen LogP contribution in [0.3, 0.4) is 0 Å². The maximum absolute atomic E-state index is 12.3. The van der Waals surface area contributed by atoms with Crippen LogP contribution in [0.2, 0.25) is 5.02 Å². The number of H-pyrrole nitrogens is 1. The van der Waals surface area contributed by atoms with Crippen molar-refractivity contribution < 1.29 is 28.6 Å². The first-order valence-corrected chi connectivity index (χ1v) is 10.8. The summed E-state index contributed by atoms with van der Waals surface area (Å²) in [5, 5.41) is 0.628. The molecule has 2 aromatic rings. The van der Waals surface area contributed by atoms with Crippen molar-refractivity contribution in [1.29, 1.82) is 0 Å². The molecule has 0 atom stereocenters. The number of halogens is 1. The van der Waals surface area contributed by atoms with Gasteiger partial charge in [-0.2, -0.15) is 0 Å². The Kier molecular flexibility index (Phi) is 9.26. The minimum atomic E-state index is -0.595. The highest BCUT2D eigenvalue weighted by molar-refractivity contribution is 7.99. The van der Waals surface area contributed by atoms with Crippen molar-refractivity contribution in [3.05, 3.63) is 51.8 Å². The van der Waals surface area contributed by atoms with Crippen LogP contribution in [0.15, 0.2) is 29.2 Å². The zero-order valence-electron chi connectivity index (χ0n) is 17.1. The van der Waals surface area contributed by atoms with E-state index in [-0.39, 0.29) is 37.5 Å². The summed E-state index contributed by atoms with van der Waals surface area (Å²) in [6.07, 6.45) is 0.162. The van der Waals surface area contributed by atoms with E-state index in [0.29, 0.717) is 22.0 Å². The van der Waals surface area contributed by atoms with Gasteiger partial charge in [-0.15, -0.1) is 11.8 Å². The van der Waals surface area contributed by atoms with Gasteiger partial charge in [0.1, 0.15) is 12.3 Å². The van der Waals surface area contributed by atoms with Gasteiger partial charge in [0, 0.05) is 10.6 Å². The number of aromatic nitrogens is 1. The zero-order valence-corrected chi connectivity index (χ0v) is 18.7. The molecule has 9 heteroatoms. The van der Waals surface area contributed by atoms with Gasteiger partial charge in [0.2, 0.25) is 0 Å². The summed E-state index contributed by atoms with van der Waals surface area (Å²) in [6, 6.07) is 7.37. The molecule has 0 bridgehead atoms. The standard InChI is InChI=1S/C21H24ClNO6S/c1-4-27-20(25)18-13(3)19(21(26)28-5-2)23-15(18)12-29-17(24)10-11-30-16-9-7-6-8-14(16)22/h6-9,23H,4-5,10-12H2,1-3H3. The molecule has 0 saturated heterocycles. The molecular weight excluding hydrogens is 430 g/mol. The Morgan fingerprint density at radius 1 is 1.03 bits per heavy atom. The molecule has 0 fully saturated rings. The van der Waals surface area contributed by atoms with Crippen LogP contribution in [0, 0.1) is 6.92 Å². The van der Waals surface area contributed by atoms with Crippen molar-refractivity contribution in [1.82, 2.24) is 4.98 Å². The van der Waals surface area contributed by atoms with E-state index in [9.17, 15) is 14.4 Å². The third-order valence-electron chi connectivity index (χ3n) is 4.06. The second kappa shape index (κ2) is 11.7. The van der Waals surface area contributed by atoms with E-state index in [0.717, 1.165) is 4.90 Å². The summed E-state index contributed by atoms with van der Waals surface area (Å²) >= 11 is 7.55. The second-order valence-electron chi connectivity index (χ2n) is 6.11. The van der Waals surface area contributed by atoms with Crippen LogP contribution in [0.5, 0.6) is 0 Å². The molecule has 0 amide bonds. The van der Waals surface area contributed by atoms with Crippen molar-refractivity contribution in [3.8, 4) is 0 Å². The maximum atomic E-state index is 12.3. The smallest absolute Gasteiger partial charge is 0.355 e. The van der Waals surface area contributed by atoms with Gasteiger partial charge >= 0.3 is 17.9 Å². The lowest BCUT2D eigenvalue weighted by molar-refractivity contribution is -0.144. The fraction of sp³-hybridized carbons (Fsp3) is 0.381. The van der Waals surface area contributed by atoms with Gasteiger partial charge in [-0.05, 0) is 38.5 Å². The average Bonchev–Trinajstić information content (AvgIpc) is 3.04. The highest BCUT2D eigenvalue weighted by Gasteiger charge is 2.26. The Morgan fingerprint density at radius 2 is 1.70 bits per heavy atom. The molecule has 0 aliphatic carbocycles. The van der Waals surface area contributed by atoms with E-state index >= 15 is 0 Å². The van der Waals surface area contributed by atoms with Crippen molar-refractivity contribution >= 4 is 41.3 Å². The summed E-state index contributed by atoms with van der Waals surface area (Å²) in [4.78, 5) is 40.3. The molecule has 2 rings (SSSR count). The lowest BCUT2D eigenvalue weighted by Crippen LogP contribution is -2.11. The van der Waals surface area contributed by atoms with Gasteiger partial charge in [-0.3, -0.25) is 4.79 Å². The van der Waals surface area contributed by atoms with Crippen LogP contribution in [-0.2, 0) is 25.6 Å². The highest BCUT2D eigenvalue weighted by atomic mass is 35.5. The van der Waals surface area contributed by atoms with E-state index in [2.05, 4.69) is 4.98 Å². The molecule has 1 N–H and O–H groups in total. The fourth-order valence-electron chi connectivity index (χ4n) is 2.68. The van der Waals surface area contributed by atoms with E-state index in [1.165, 1.54) is 11.8 Å². The lowest BCUT2D eigenvalue weighted by Gasteiger charge is -2.07. The number of esters is 3. The molecule has 1 aromatic carbocycles. The maximum Gasteiger partial charge on any atom is 0.355 e. The molecule has 0 saturated carbocycles. The number of nitrogens with one attached hydrogen (secondary N) is 1. The number of ether oxygens (including phenoxy) is 3. The van der Waals surface area contributed by atoms with Gasteiger partial charge in [-0.1, -0.05) is 23.7 Å². The zero-order chi connectivity index (χ0) is 22.1. The molecule has 7 nitrogen and oxygen atoms in total. The van der Waals surface area contributed by atoms with Crippen molar-refractivity contribution in [2.75, 3.05) is 19.0 Å². The molecule has 1 heterocycles. The van der Waals surface area contributed by atoms with Crippen LogP contribution in [0.4, 0.5) is 0 Å². The van der Waals surface area contributed by atoms with Crippen molar-refractivity contribution in [3.63, 3.8) is 0 Å². The Hall–Kier alpha value is -2.45. The highest BCUT2D eigenvalue weighted by Crippen LogP contribution is 2.27. The predicted molar refractivity (Wildman–Crippen MR) is 114 cm³/mol. The number of rotatable bonds is 10. The second-order valence-corrected chi connectivity index (χ2v) is 7.65. The van der Waals surface area contributed by atoms with Gasteiger partial charge in [0.25, 0.3) is 0 Å². The summed E-state index contributed by atoms with van der Waals surface area (Å²) in [5.41, 5.74) is 1.01. The first-order chi connectivity index (χ1) is 14.4. The van der Waals surface area contributed by atoms with Gasteiger partial charge < -0.3 is 19.2 Å². The molecular formula is C21H24ClNO6S. The van der Waals surface area contributed by atoms with E-state index in [1.807, 2.05) is 18.2 Å². The van der Waals surface area contributed by atoms with Crippen LogP contribution in [0.1, 0.15) is 52.4 Å². The monoisotopic (exact) mass is 453 g/mol. The lowest BCUT2D eigenvalue weighted by atomic mass is 10.1. The number of hydrogen-bond acceptors (Lipinski definition) is 7. The van der Waals surface area contributed by atoms with E-state index in [4.69, 9.17) is 25.8 Å². The summed E-state index contributed by atoms with van der Waals surface area (Å²) < 4.78 is 15.4. The van der Waals surface area contributed by atoms with E-state index in [1.54, 1.807) is 26.8 Å². The Balaban J connectivity index is 2.02. The third-order valence-corrected chi connectivity index (χ3v) is 5.58. The summed E-state index contributed by atoms with van der Waals surface area (Å²) in [7, 11) is 0. The van der Waals surface area contributed by atoms with Crippen LogP contribution in [-0.4, -0.2) is 41.9 Å².